The fourth-order valence-electron chi connectivity index (χ4n) is 3.03. The quantitative estimate of drug-likeness (QED) is 0.304. The number of carbonyl (C=O) groups is 1. The maximum absolute atomic E-state index is 10.4. The van der Waals surface area contributed by atoms with Crippen LogP contribution < -0.4 is 0 Å². The Kier molecular flexibility index (Phi) is 16.8. The molecule has 0 aromatic rings. The van der Waals surface area contributed by atoms with Crippen LogP contribution in [0.3, 0.4) is 0 Å². The van der Waals surface area contributed by atoms with E-state index < -0.39 is 18.2 Å². The first kappa shape index (κ1) is 23.4. The highest BCUT2D eigenvalue weighted by atomic mass is 16.4. The molecule has 0 spiro atoms. The lowest BCUT2D eigenvalue weighted by atomic mass is 10.00. The normalized spacial score (nSPS) is 13.8. The number of aliphatic hydroxyl groups excluding tert-OH is 2. The molecular formula is C20H40O4. The van der Waals surface area contributed by atoms with E-state index in [0.717, 1.165) is 64.2 Å². The Balaban J connectivity index is 3.25. The van der Waals surface area contributed by atoms with Crippen LogP contribution in [0.2, 0.25) is 0 Å². The number of carboxylic acids is 1. The van der Waals surface area contributed by atoms with Crippen molar-refractivity contribution < 1.29 is 20.1 Å². The summed E-state index contributed by atoms with van der Waals surface area (Å²) in [6, 6.07) is 0. The molecule has 0 aromatic heterocycles. The van der Waals surface area contributed by atoms with Crippen LogP contribution in [-0.4, -0.2) is 33.5 Å². The molecule has 0 aromatic carbocycles. The molecule has 0 heterocycles. The highest BCUT2D eigenvalue weighted by Gasteiger charge is 2.14. The molecule has 0 radical (unpaired) electrons. The number of aliphatic carboxylic acids is 1. The van der Waals surface area contributed by atoms with Crippen LogP contribution in [0.15, 0.2) is 0 Å². The van der Waals surface area contributed by atoms with E-state index in [0.29, 0.717) is 6.42 Å². The smallest absolute Gasteiger partial charge is 0.303 e. The van der Waals surface area contributed by atoms with Crippen molar-refractivity contribution in [2.75, 3.05) is 0 Å². The summed E-state index contributed by atoms with van der Waals surface area (Å²) in [5.74, 6) is -0.686. The lowest BCUT2D eigenvalue weighted by molar-refractivity contribution is -0.137. The van der Waals surface area contributed by atoms with Crippen LogP contribution in [0.5, 0.6) is 0 Å². The summed E-state index contributed by atoms with van der Waals surface area (Å²) >= 11 is 0. The minimum atomic E-state index is -0.686. The van der Waals surface area contributed by atoms with E-state index in [9.17, 15) is 15.0 Å². The number of carboxylic acid groups (broad SMARTS) is 1. The second-order valence-corrected chi connectivity index (χ2v) is 7.10. The number of rotatable bonds is 18. The van der Waals surface area contributed by atoms with E-state index in [4.69, 9.17) is 5.11 Å². The number of hydrogen-bond acceptors (Lipinski definition) is 3. The van der Waals surface area contributed by atoms with Crippen LogP contribution >= 0.6 is 0 Å². The first-order valence-electron chi connectivity index (χ1n) is 10.2. The molecule has 0 aliphatic rings. The molecule has 0 bridgehead atoms. The van der Waals surface area contributed by atoms with Crippen LogP contribution in [0, 0.1) is 0 Å². The second kappa shape index (κ2) is 17.2. The van der Waals surface area contributed by atoms with Gasteiger partial charge in [0.25, 0.3) is 0 Å². The Morgan fingerprint density at radius 2 is 1.04 bits per heavy atom. The van der Waals surface area contributed by atoms with Gasteiger partial charge >= 0.3 is 5.97 Å². The topological polar surface area (TPSA) is 77.8 Å². The highest BCUT2D eigenvalue weighted by Crippen LogP contribution is 2.15. The van der Waals surface area contributed by atoms with Gasteiger partial charge < -0.3 is 15.3 Å². The van der Waals surface area contributed by atoms with Gasteiger partial charge in [-0.3, -0.25) is 4.79 Å². The summed E-state index contributed by atoms with van der Waals surface area (Å²) in [5.41, 5.74) is 0. The molecule has 2 atom stereocenters. The van der Waals surface area contributed by atoms with Gasteiger partial charge in [-0.2, -0.15) is 0 Å². The predicted octanol–water partition coefficient (Wildman–Crippen LogP) is 5.05. The molecule has 0 saturated carbocycles. The van der Waals surface area contributed by atoms with Crippen molar-refractivity contribution in [1.82, 2.24) is 0 Å². The fourth-order valence-corrected chi connectivity index (χ4v) is 3.03. The van der Waals surface area contributed by atoms with Crippen LogP contribution in [-0.2, 0) is 4.79 Å². The molecule has 3 N–H and O–H groups in total. The fraction of sp³-hybridized carbons (Fsp3) is 0.950. The minimum absolute atomic E-state index is 0.305. The Morgan fingerprint density at radius 1 is 0.667 bits per heavy atom. The molecule has 4 heteroatoms. The van der Waals surface area contributed by atoms with Gasteiger partial charge in [0.1, 0.15) is 0 Å². The van der Waals surface area contributed by atoms with Gasteiger partial charge in [-0.15, -0.1) is 0 Å². The van der Waals surface area contributed by atoms with Gasteiger partial charge in [-0.05, 0) is 19.3 Å². The van der Waals surface area contributed by atoms with E-state index >= 15 is 0 Å². The molecule has 0 aliphatic carbocycles. The standard InChI is InChI=1S/C20H40O4/c1-2-3-12-15-18(21)19(22)16-13-10-8-6-4-5-7-9-11-14-17-20(23)24/h18-19,21-22H,2-17H2,1H3,(H,23,24)/t18-,19-/m1/s1. The Morgan fingerprint density at radius 3 is 1.46 bits per heavy atom. The van der Waals surface area contributed by atoms with Crippen LogP contribution in [0.1, 0.15) is 110 Å². The molecule has 0 amide bonds. The monoisotopic (exact) mass is 344 g/mol. The van der Waals surface area contributed by atoms with Gasteiger partial charge in [-0.25, -0.2) is 0 Å². The van der Waals surface area contributed by atoms with Gasteiger partial charge in [-0.1, -0.05) is 84.0 Å². The molecule has 0 aliphatic heterocycles. The third kappa shape index (κ3) is 16.3. The molecule has 0 fully saturated rings. The number of hydrogen-bond donors (Lipinski definition) is 3. The van der Waals surface area contributed by atoms with Crippen molar-refractivity contribution >= 4 is 5.97 Å². The number of unbranched alkanes of at least 4 members (excludes halogenated alkanes) is 11. The van der Waals surface area contributed by atoms with E-state index in [1.165, 1.54) is 32.1 Å². The highest BCUT2D eigenvalue weighted by molar-refractivity contribution is 5.66. The van der Waals surface area contributed by atoms with Gasteiger partial charge in [0.2, 0.25) is 0 Å². The maximum atomic E-state index is 10.4. The van der Waals surface area contributed by atoms with Crippen molar-refractivity contribution in [3.05, 3.63) is 0 Å². The van der Waals surface area contributed by atoms with Gasteiger partial charge in [0.05, 0.1) is 12.2 Å². The maximum Gasteiger partial charge on any atom is 0.303 e. The Bertz CT molecular complexity index is 281. The van der Waals surface area contributed by atoms with Crippen molar-refractivity contribution in [3.8, 4) is 0 Å². The first-order valence-corrected chi connectivity index (χ1v) is 10.2. The van der Waals surface area contributed by atoms with E-state index in [2.05, 4.69) is 6.92 Å². The van der Waals surface area contributed by atoms with Crippen molar-refractivity contribution in [3.63, 3.8) is 0 Å². The number of aliphatic hydroxyl groups is 2. The molecule has 0 unspecified atom stereocenters. The molecule has 0 saturated heterocycles. The molecule has 4 nitrogen and oxygen atoms in total. The second-order valence-electron chi connectivity index (χ2n) is 7.10. The lowest BCUT2D eigenvalue weighted by Crippen LogP contribution is -2.25. The summed E-state index contributed by atoms with van der Waals surface area (Å²) in [6.45, 7) is 2.14. The Hall–Kier alpha value is -0.610. The van der Waals surface area contributed by atoms with Crippen molar-refractivity contribution in [2.24, 2.45) is 0 Å². The van der Waals surface area contributed by atoms with Gasteiger partial charge in [0, 0.05) is 6.42 Å². The van der Waals surface area contributed by atoms with E-state index in [1.54, 1.807) is 0 Å². The first-order chi connectivity index (χ1) is 11.6. The molecule has 144 valence electrons. The summed E-state index contributed by atoms with van der Waals surface area (Å²) < 4.78 is 0. The lowest BCUT2D eigenvalue weighted by Gasteiger charge is -2.17. The Labute approximate surface area is 148 Å². The van der Waals surface area contributed by atoms with Crippen molar-refractivity contribution in [1.29, 1.82) is 0 Å². The molecule has 0 rings (SSSR count). The average Bonchev–Trinajstić information content (AvgIpc) is 2.55. The summed E-state index contributed by atoms with van der Waals surface area (Å²) in [6.07, 6.45) is 15.2. The largest absolute Gasteiger partial charge is 0.481 e. The zero-order chi connectivity index (χ0) is 18.0. The molecular weight excluding hydrogens is 304 g/mol. The predicted molar refractivity (Wildman–Crippen MR) is 99.2 cm³/mol. The third-order valence-corrected chi connectivity index (χ3v) is 4.69. The van der Waals surface area contributed by atoms with E-state index in [-0.39, 0.29) is 0 Å². The zero-order valence-corrected chi connectivity index (χ0v) is 15.7. The average molecular weight is 345 g/mol. The molecule has 24 heavy (non-hydrogen) atoms. The summed E-state index contributed by atoms with van der Waals surface area (Å²) in [4.78, 5) is 10.4. The minimum Gasteiger partial charge on any atom is -0.481 e. The SMILES string of the molecule is CCCCC[C@@H](O)[C@H](O)CCCCCCCCCCCCC(=O)O. The van der Waals surface area contributed by atoms with Gasteiger partial charge in [0.15, 0.2) is 0 Å². The summed E-state index contributed by atoms with van der Waals surface area (Å²) in [5, 5.41) is 28.3. The summed E-state index contributed by atoms with van der Waals surface area (Å²) in [7, 11) is 0. The third-order valence-electron chi connectivity index (χ3n) is 4.69. The zero-order valence-electron chi connectivity index (χ0n) is 15.7. The van der Waals surface area contributed by atoms with Crippen LogP contribution in [0.4, 0.5) is 0 Å². The van der Waals surface area contributed by atoms with Crippen molar-refractivity contribution in [2.45, 2.75) is 122 Å². The van der Waals surface area contributed by atoms with Crippen LogP contribution in [0.25, 0.3) is 0 Å². The van der Waals surface area contributed by atoms with E-state index in [1.807, 2.05) is 0 Å².